The molecule has 0 saturated carbocycles. The molecule has 0 bridgehead atoms. The fourth-order valence-corrected chi connectivity index (χ4v) is 1.92. The summed E-state index contributed by atoms with van der Waals surface area (Å²) in [6.45, 7) is 10.2. The van der Waals surface area contributed by atoms with Crippen LogP contribution in [0.5, 0.6) is 0 Å². The molecule has 2 rings (SSSR count). The predicted molar refractivity (Wildman–Crippen MR) is 72.5 cm³/mol. The molecule has 18 heavy (non-hydrogen) atoms. The number of aromatic nitrogens is 4. The molecule has 0 unspecified atom stereocenters. The van der Waals surface area contributed by atoms with Crippen molar-refractivity contribution in [1.82, 2.24) is 19.7 Å². The first-order valence-corrected chi connectivity index (χ1v) is 6.35. The number of hydrogen-bond donors (Lipinski definition) is 0. The zero-order chi connectivity index (χ0) is 13.4. The van der Waals surface area contributed by atoms with Crippen molar-refractivity contribution in [3.63, 3.8) is 0 Å². The van der Waals surface area contributed by atoms with Crippen molar-refractivity contribution in [3.05, 3.63) is 34.0 Å². The molecular weight excluding hydrogens is 248 g/mol. The van der Waals surface area contributed by atoms with E-state index in [1.807, 2.05) is 32.4 Å². The highest BCUT2D eigenvalue weighted by molar-refractivity contribution is 6.29. The lowest BCUT2D eigenvalue weighted by atomic mass is 10.2. The van der Waals surface area contributed by atoms with Crippen molar-refractivity contribution < 1.29 is 0 Å². The van der Waals surface area contributed by atoms with Crippen LogP contribution in [0, 0.1) is 20.8 Å². The van der Waals surface area contributed by atoms with Gasteiger partial charge in [-0.15, -0.1) is 0 Å². The molecule has 0 aliphatic rings. The summed E-state index contributed by atoms with van der Waals surface area (Å²) in [5.41, 5.74) is 3.26. The molecule has 2 heterocycles. The molecular formula is C13H17ClN4. The molecule has 2 aromatic rings. The van der Waals surface area contributed by atoms with Crippen molar-refractivity contribution in [3.8, 4) is 5.82 Å². The van der Waals surface area contributed by atoms with Gasteiger partial charge in [0.05, 0.1) is 5.69 Å². The average Bonchev–Trinajstić information content (AvgIpc) is 2.56. The van der Waals surface area contributed by atoms with Crippen molar-refractivity contribution in [2.75, 3.05) is 0 Å². The number of rotatable bonds is 2. The highest BCUT2D eigenvalue weighted by atomic mass is 35.5. The fraction of sp³-hybridized carbons (Fsp3) is 0.462. The molecule has 4 nitrogen and oxygen atoms in total. The lowest BCUT2D eigenvalue weighted by Crippen LogP contribution is -2.07. The van der Waals surface area contributed by atoms with Gasteiger partial charge in [0.25, 0.3) is 0 Å². The largest absolute Gasteiger partial charge is 0.221 e. The van der Waals surface area contributed by atoms with Gasteiger partial charge < -0.3 is 0 Å². The van der Waals surface area contributed by atoms with Gasteiger partial charge in [0, 0.05) is 17.7 Å². The second kappa shape index (κ2) is 4.69. The average molecular weight is 265 g/mol. The van der Waals surface area contributed by atoms with Crippen LogP contribution in [0.3, 0.4) is 0 Å². The smallest absolute Gasteiger partial charge is 0.158 e. The lowest BCUT2D eigenvalue weighted by Gasteiger charge is -2.08. The number of halogens is 1. The van der Waals surface area contributed by atoms with E-state index in [-0.39, 0.29) is 5.92 Å². The Morgan fingerprint density at radius 2 is 1.83 bits per heavy atom. The lowest BCUT2D eigenvalue weighted by molar-refractivity contribution is 0.735. The van der Waals surface area contributed by atoms with Crippen LogP contribution in [0.1, 0.15) is 42.5 Å². The highest BCUT2D eigenvalue weighted by Gasteiger charge is 2.13. The van der Waals surface area contributed by atoms with Crippen LogP contribution in [0.25, 0.3) is 5.82 Å². The van der Waals surface area contributed by atoms with Gasteiger partial charge in [0.15, 0.2) is 5.82 Å². The Hall–Kier alpha value is -1.42. The van der Waals surface area contributed by atoms with Gasteiger partial charge in [0.2, 0.25) is 0 Å². The van der Waals surface area contributed by atoms with E-state index in [4.69, 9.17) is 11.6 Å². The Balaban J connectivity index is 2.60. The molecule has 0 aromatic carbocycles. The van der Waals surface area contributed by atoms with Crippen LogP contribution in [-0.2, 0) is 0 Å². The van der Waals surface area contributed by atoms with E-state index in [9.17, 15) is 0 Å². The Morgan fingerprint density at radius 1 is 1.17 bits per heavy atom. The molecule has 0 radical (unpaired) electrons. The Morgan fingerprint density at radius 3 is 2.33 bits per heavy atom. The summed E-state index contributed by atoms with van der Waals surface area (Å²) >= 11 is 6.05. The van der Waals surface area contributed by atoms with Gasteiger partial charge >= 0.3 is 0 Å². The van der Waals surface area contributed by atoms with Gasteiger partial charge in [-0.25, -0.2) is 14.6 Å². The van der Waals surface area contributed by atoms with Crippen LogP contribution in [0.2, 0.25) is 5.15 Å². The molecule has 0 aliphatic carbocycles. The summed E-state index contributed by atoms with van der Waals surface area (Å²) in [7, 11) is 0. The summed E-state index contributed by atoms with van der Waals surface area (Å²) in [4.78, 5) is 8.75. The van der Waals surface area contributed by atoms with Gasteiger partial charge in [-0.2, -0.15) is 5.10 Å². The van der Waals surface area contributed by atoms with E-state index < -0.39 is 0 Å². The molecule has 0 fully saturated rings. The third-order valence-electron chi connectivity index (χ3n) is 3.09. The Bertz CT molecular complexity index is 587. The van der Waals surface area contributed by atoms with Crippen LogP contribution in [0.15, 0.2) is 6.07 Å². The number of aryl methyl sites for hydroxylation is 1. The van der Waals surface area contributed by atoms with Crippen LogP contribution in [-0.4, -0.2) is 19.7 Å². The van der Waals surface area contributed by atoms with Crippen molar-refractivity contribution >= 4 is 11.6 Å². The van der Waals surface area contributed by atoms with E-state index >= 15 is 0 Å². The van der Waals surface area contributed by atoms with E-state index in [1.165, 1.54) is 5.56 Å². The second-order valence-corrected chi connectivity index (χ2v) is 5.16. The van der Waals surface area contributed by atoms with E-state index in [1.54, 1.807) is 6.07 Å². The standard InChI is InChI=1S/C13H17ClN4/c1-7(2)13-15-11(14)6-12(16-13)18-10(5)8(3)9(4)17-18/h6-7H,1-5H3. The Labute approximate surface area is 112 Å². The summed E-state index contributed by atoms with van der Waals surface area (Å²) in [6.07, 6.45) is 0. The van der Waals surface area contributed by atoms with E-state index in [0.717, 1.165) is 23.0 Å². The van der Waals surface area contributed by atoms with Crippen molar-refractivity contribution in [2.24, 2.45) is 0 Å². The molecule has 96 valence electrons. The monoisotopic (exact) mass is 264 g/mol. The van der Waals surface area contributed by atoms with Crippen LogP contribution in [0.4, 0.5) is 0 Å². The predicted octanol–water partition coefficient (Wildman–Crippen LogP) is 3.36. The summed E-state index contributed by atoms with van der Waals surface area (Å²) in [5.74, 6) is 1.70. The van der Waals surface area contributed by atoms with E-state index in [2.05, 4.69) is 22.0 Å². The van der Waals surface area contributed by atoms with Gasteiger partial charge in [-0.3, -0.25) is 0 Å². The van der Waals surface area contributed by atoms with Gasteiger partial charge in [0.1, 0.15) is 11.0 Å². The highest BCUT2D eigenvalue weighted by Crippen LogP contribution is 2.19. The molecule has 5 heteroatoms. The first kappa shape index (κ1) is 13.0. The minimum Gasteiger partial charge on any atom is -0.221 e. The molecule has 2 aromatic heterocycles. The minimum absolute atomic E-state index is 0.237. The normalized spacial score (nSPS) is 11.3. The van der Waals surface area contributed by atoms with Gasteiger partial charge in [-0.1, -0.05) is 25.4 Å². The topological polar surface area (TPSA) is 43.6 Å². The second-order valence-electron chi connectivity index (χ2n) is 4.77. The van der Waals surface area contributed by atoms with Crippen molar-refractivity contribution in [1.29, 1.82) is 0 Å². The molecule has 0 saturated heterocycles. The van der Waals surface area contributed by atoms with E-state index in [0.29, 0.717) is 5.15 Å². The maximum atomic E-state index is 6.05. The van der Waals surface area contributed by atoms with Crippen LogP contribution >= 0.6 is 11.6 Å². The SMILES string of the molecule is Cc1nn(-c2cc(Cl)nc(C(C)C)n2)c(C)c1C. The summed E-state index contributed by atoms with van der Waals surface area (Å²) < 4.78 is 1.82. The van der Waals surface area contributed by atoms with Gasteiger partial charge in [-0.05, 0) is 26.3 Å². The quantitative estimate of drug-likeness (QED) is 0.781. The zero-order valence-corrected chi connectivity index (χ0v) is 12.1. The number of nitrogens with zero attached hydrogens (tertiary/aromatic N) is 4. The maximum Gasteiger partial charge on any atom is 0.158 e. The third kappa shape index (κ3) is 2.25. The Kier molecular flexibility index (Phi) is 3.39. The molecule has 0 amide bonds. The molecule has 0 N–H and O–H groups in total. The maximum absolute atomic E-state index is 6.05. The molecule has 0 aliphatic heterocycles. The minimum atomic E-state index is 0.237. The van der Waals surface area contributed by atoms with Crippen molar-refractivity contribution in [2.45, 2.75) is 40.5 Å². The van der Waals surface area contributed by atoms with Crippen LogP contribution < -0.4 is 0 Å². The summed E-state index contributed by atoms with van der Waals surface area (Å²) in [5, 5.41) is 4.94. The number of hydrogen-bond acceptors (Lipinski definition) is 3. The zero-order valence-electron chi connectivity index (χ0n) is 11.3. The third-order valence-corrected chi connectivity index (χ3v) is 3.28. The first-order valence-electron chi connectivity index (χ1n) is 5.97. The fourth-order valence-electron chi connectivity index (χ4n) is 1.73. The molecule has 0 atom stereocenters. The summed E-state index contributed by atoms with van der Waals surface area (Å²) in [6, 6.07) is 1.74. The first-order chi connectivity index (χ1) is 8.40. The molecule has 0 spiro atoms.